The molecule has 1 saturated heterocycles. The predicted octanol–water partition coefficient (Wildman–Crippen LogP) is 3.77. The summed E-state index contributed by atoms with van der Waals surface area (Å²) in [5.74, 6) is 0.721. The van der Waals surface area contributed by atoms with Gasteiger partial charge in [-0.2, -0.15) is 0 Å². The van der Waals surface area contributed by atoms with Crippen LogP contribution in [0.5, 0.6) is 5.75 Å². The normalized spacial score (nSPS) is 32.8. The van der Waals surface area contributed by atoms with Crippen molar-refractivity contribution in [2.24, 2.45) is 35.5 Å². The Hall–Kier alpha value is -3.21. The van der Waals surface area contributed by atoms with Gasteiger partial charge in [0.05, 0.1) is 23.1 Å². The zero-order valence-electron chi connectivity index (χ0n) is 16.5. The highest BCUT2D eigenvalue weighted by atomic mass is 16.5. The highest BCUT2D eigenvalue weighted by Gasteiger charge is 2.67. The summed E-state index contributed by atoms with van der Waals surface area (Å²) < 4.78 is 5.52. The van der Waals surface area contributed by atoms with Gasteiger partial charge >= 0.3 is 5.97 Å². The Morgan fingerprint density at radius 1 is 0.933 bits per heavy atom. The van der Waals surface area contributed by atoms with Crippen molar-refractivity contribution in [2.45, 2.75) is 13.3 Å². The lowest BCUT2D eigenvalue weighted by atomic mass is 9.63. The Labute approximate surface area is 174 Å². The molecule has 0 spiro atoms. The van der Waals surface area contributed by atoms with Crippen molar-refractivity contribution in [3.05, 3.63) is 71.8 Å². The third kappa shape index (κ3) is 2.38. The van der Waals surface area contributed by atoms with E-state index in [1.54, 1.807) is 30.3 Å². The van der Waals surface area contributed by atoms with Gasteiger partial charge in [-0.1, -0.05) is 36.4 Å². The molecule has 5 aliphatic rings. The van der Waals surface area contributed by atoms with Crippen molar-refractivity contribution in [3.63, 3.8) is 0 Å². The molecule has 7 rings (SSSR count). The summed E-state index contributed by atoms with van der Waals surface area (Å²) in [5.41, 5.74) is 1.62. The average molecular weight is 399 g/mol. The summed E-state index contributed by atoms with van der Waals surface area (Å²) in [6.45, 7) is 1.87. The number of aryl methyl sites for hydroxylation is 1. The van der Waals surface area contributed by atoms with E-state index >= 15 is 0 Å². The number of benzene rings is 2. The lowest BCUT2D eigenvalue weighted by Gasteiger charge is -2.37. The van der Waals surface area contributed by atoms with Crippen molar-refractivity contribution in [3.8, 4) is 5.75 Å². The molecule has 5 nitrogen and oxygen atoms in total. The second-order valence-corrected chi connectivity index (χ2v) is 8.87. The van der Waals surface area contributed by atoms with Gasteiger partial charge in [0.15, 0.2) is 0 Å². The molecule has 0 unspecified atom stereocenters. The lowest BCUT2D eigenvalue weighted by molar-refractivity contribution is -0.124. The first-order chi connectivity index (χ1) is 14.5. The first kappa shape index (κ1) is 17.6. The molecule has 2 amide bonds. The lowest BCUT2D eigenvalue weighted by Crippen LogP contribution is -2.40. The summed E-state index contributed by atoms with van der Waals surface area (Å²) in [6.07, 6.45) is 5.45. The quantitative estimate of drug-likeness (QED) is 0.341. The number of carbonyl (C=O) groups is 3. The van der Waals surface area contributed by atoms with Crippen LogP contribution >= 0.6 is 0 Å². The van der Waals surface area contributed by atoms with Gasteiger partial charge in [-0.15, -0.1) is 0 Å². The zero-order chi connectivity index (χ0) is 20.6. The van der Waals surface area contributed by atoms with Crippen LogP contribution in [0.2, 0.25) is 0 Å². The number of imide groups is 1. The van der Waals surface area contributed by atoms with Crippen LogP contribution in [0.15, 0.2) is 60.7 Å². The van der Waals surface area contributed by atoms with Gasteiger partial charge in [0.2, 0.25) is 11.8 Å². The van der Waals surface area contributed by atoms with Crippen LogP contribution in [0.4, 0.5) is 5.69 Å². The van der Waals surface area contributed by atoms with Crippen LogP contribution in [-0.2, 0) is 9.59 Å². The monoisotopic (exact) mass is 399 g/mol. The van der Waals surface area contributed by atoms with E-state index in [-0.39, 0.29) is 35.5 Å². The van der Waals surface area contributed by atoms with E-state index in [0.29, 0.717) is 28.8 Å². The summed E-state index contributed by atoms with van der Waals surface area (Å²) in [4.78, 5) is 40.5. The molecule has 150 valence electrons. The minimum Gasteiger partial charge on any atom is -0.423 e. The molecule has 0 radical (unpaired) electrons. The fraction of sp³-hybridized carbons (Fsp3) is 0.320. The third-order valence-corrected chi connectivity index (χ3v) is 7.30. The Bertz CT molecular complexity index is 1100. The Kier molecular flexibility index (Phi) is 3.61. The second-order valence-electron chi connectivity index (χ2n) is 8.87. The van der Waals surface area contributed by atoms with Gasteiger partial charge in [0.1, 0.15) is 5.75 Å². The number of hydrogen-bond acceptors (Lipinski definition) is 4. The van der Waals surface area contributed by atoms with Crippen LogP contribution < -0.4 is 9.64 Å². The molecule has 2 saturated carbocycles. The minimum absolute atomic E-state index is 0.126. The molecule has 0 aromatic heterocycles. The number of allylic oxidation sites excluding steroid dienone is 2. The number of nitrogens with zero attached hydrogens (tertiary/aromatic N) is 1. The third-order valence-electron chi connectivity index (χ3n) is 7.30. The van der Waals surface area contributed by atoms with Gasteiger partial charge in [0, 0.05) is 0 Å². The molecule has 0 N–H and O–H groups in total. The summed E-state index contributed by atoms with van der Waals surface area (Å²) in [6, 6.07) is 13.9. The fourth-order valence-electron chi connectivity index (χ4n) is 5.81. The van der Waals surface area contributed by atoms with Gasteiger partial charge < -0.3 is 4.74 Å². The summed E-state index contributed by atoms with van der Waals surface area (Å²) >= 11 is 0. The number of anilines is 1. The number of carbonyl (C=O) groups excluding carboxylic acids is 3. The summed E-state index contributed by atoms with van der Waals surface area (Å²) in [5, 5.41) is 0. The number of esters is 1. The maximum absolute atomic E-state index is 13.3. The van der Waals surface area contributed by atoms with Crippen LogP contribution in [-0.4, -0.2) is 17.8 Å². The topological polar surface area (TPSA) is 63.7 Å². The molecular formula is C25H21NO4. The van der Waals surface area contributed by atoms with Crippen LogP contribution in [0, 0.1) is 42.4 Å². The van der Waals surface area contributed by atoms with Gasteiger partial charge in [-0.05, 0) is 66.8 Å². The van der Waals surface area contributed by atoms with Crippen LogP contribution in [0.3, 0.4) is 0 Å². The SMILES string of the molecule is Cc1ccccc1OC(=O)c1cccc(N2C(=O)[C@@H]3[C@H]4C=C[C@@H]([C@@H]5C[C@H]45)[C@H]3C2=O)c1. The van der Waals surface area contributed by atoms with Gasteiger partial charge in [-0.3, -0.25) is 9.59 Å². The first-order valence-electron chi connectivity index (χ1n) is 10.5. The molecule has 30 heavy (non-hydrogen) atoms. The summed E-state index contributed by atoms with van der Waals surface area (Å²) in [7, 11) is 0. The van der Waals surface area contributed by atoms with E-state index in [1.807, 2.05) is 25.1 Å². The molecule has 4 aliphatic carbocycles. The Balaban J connectivity index is 1.30. The van der Waals surface area contributed by atoms with Crippen LogP contribution in [0.1, 0.15) is 22.3 Å². The highest BCUT2D eigenvalue weighted by Crippen LogP contribution is 2.65. The molecule has 2 aromatic rings. The predicted molar refractivity (Wildman–Crippen MR) is 110 cm³/mol. The fourth-order valence-corrected chi connectivity index (χ4v) is 5.81. The van der Waals surface area contributed by atoms with E-state index < -0.39 is 5.97 Å². The van der Waals surface area contributed by atoms with Crippen molar-refractivity contribution < 1.29 is 19.1 Å². The van der Waals surface area contributed by atoms with Gasteiger partial charge in [-0.25, -0.2) is 9.69 Å². The Morgan fingerprint density at radius 2 is 1.60 bits per heavy atom. The van der Waals surface area contributed by atoms with E-state index in [0.717, 1.165) is 12.0 Å². The second kappa shape index (κ2) is 6.14. The molecule has 3 fully saturated rings. The molecule has 1 aliphatic heterocycles. The maximum Gasteiger partial charge on any atom is 0.343 e. The van der Waals surface area contributed by atoms with E-state index in [9.17, 15) is 14.4 Å². The first-order valence-corrected chi connectivity index (χ1v) is 10.5. The number of amides is 2. The van der Waals surface area contributed by atoms with Crippen molar-refractivity contribution in [1.82, 2.24) is 0 Å². The number of hydrogen-bond donors (Lipinski definition) is 0. The number of ether oxygens (including phenoxy) is 1. The minimum atomic E-state index is -0.509. The average Bonchev–Trinajstić information content (AvgIpc) is 3.53. The zero-order valence-corrected chi connectivity index (χ0v) is 16.5. The molecule has 5 heteroatoms. The van der Waals surface area contributed by atoms with Gasteiger partial charge in [0.25, 0.3) is 0 Å². The molecule has 2 aromatic carbocycles. The Morgan fingerprint density at radius 3 is 2.27 bits per heavy atom. The highest BCUT2D eigenvalue weighted by molar-refractivity contribution is 6.23. The smallest absolute Gasteiger partial charge is 0.343 e. The molecular weight excluding hydrogens is 378 g/mol. The molecule has 2 bridgehead atoms. The van der Waals surface area contributed by atoms with Crippen molar-refractivity contribution in [1.29, 1.82) is 0 Å². The van der Waals surface area contributed by atoms with Crippen LogP contribution in [0.25, 0.3) is 0 Å². The van der Waals surface area contributed by atoms with E-state index in [1.165, 1.54) is 4.90 Å². The van der Waals surface area contributed by atoms with E-state index in [4.69, 9.17) is 4.74 Å². The standard InChI is InChI=1S/C25H21NO4/c1-13-5-2-3-8-20(13)30-25(29)14-6-4-7-15(11-14)26-23(27)21-16-9-10-17(19-12-18(16)19)22(21)24(26)28/h2-11,16-19,21-22H,12H2,1H3/t16-,17-,18-,19+,21+,22+/m0/s1. The number of para-hydroxylation sites is 1. The molecule has 1 heterocycles. The number of rotatable bonds is 3. The van der Waals surface area contributed by atoms with Crippen molar-refractivity contribution in [2.75, 3.05) is 4.90 Å². The largest absolute Gasteiger partial charge is 0.423 e. The van der Waals surface area contributed by atoms with E-state index in [2.05, 4.69) is 12.2 Å². The molecule has 6 atom stereocenters. The maximum atomic E-state index is 13.3. The van der Waals surface area contributed by atoms with Crippen molar-refractivity contribution >= 4 is 23.5 Å².